The Balaban J connectivity index is 0.00000259. The minimum absolute atomic E-state index is 0. The van der Waals surface area contributed by atoms with E-state index in [0.29, 0.717) is 5.75 Å². The maximum absolute atomic E-state index is 5.84. The van der Waals surface area contributed by atoms with Crippen molar-refractivity contribution >= 4 is 32.4 Å². The normalized spacial score (nSPS) is 10.9. The molecule has 0 bridgehead atoms. The highest BCUT2D eigenvalue weighted by molar-refractivity contribution is 6.18. The molecule has 4 aromatic carbocycles. The first-order valence-corrected chi connectivity index (χ1v) is 10.6. The molecule has 1 heterocycles. The Morgan fingerprint density at radius 2 is 1.33 bits per heavy atom. The Labute approximate surface area is 199 Å². The van der Waals surface area contributed by atoms with Crippen LogP contribution >= 0.6 is 0 Å². The second-order valence-corrected chi connectivity index (χ2v) is 8.03. The van der Waals surface area contributed by atoms with Gasteiger partial charge in [-0.3, -0.25) is 0 Å². The predicted molar refractivity (Wildman–Crippen MR) is 130 cm³/mol. The summed E-state index contributed by atoms with van der Waals surface area (Å²) in [5.41, 5.74) is 4.39. The standard InChI is InChI=1S/C28H26NO3.ClH/c1-17-11-12-19-21-14-13-20-22(26(21)29(2)16-23(19)27(17)31-4)15-24(30-3)28(32-5)25(20)18-9-7-6-8-10-18;/h6-16H,1-5H3;1H/q+1;/p-1. The lowest BCUT2D eigenvalue weighted by atomic mass is 9.93. The van der Waals surface area contributed by atoms with E-state index < -0.39 is 0 Å². The SMILES string of the molecule is COc1cc2c(ccc3c4ccc(C)c(OC)c4c[n+](C)c23)c(-c2ccccc2)c1OC.[Cl-]. The van der Waals surface area contributed by atoms with E-state index in [2.05, 4.69) is 67.2 Å². The van der Waals surface area contributed by atoms with Gasteiger partial charge < -0.3 is 26.6 Å². The average molecular weight is 460 g/mol. The van der Waals surface area contributed by atoms with Crippen molar-refractivity contribution in [2.24, 2.45) is 7.05 Å². The van der Waals surface area contributed by atoms with Gasteiger partial charge in [0.05, 0.1) is 37.5 Å². The number of pyridine rings is 1. The van der Waals surface area contributed by atoms with Gasteiger partial charge in [0.2, 0.25) is 5.52 Å². The third-order valence-corrected chi connectivity index (χ3v) is 6.26. The van der Waals surface area contributed by atoms with Crippen molar-refractivity contribution in [2.45, 2.75) is 6.92 Å². The van der Waals surface area contributed by atoms with Crippen LogP contribution in [-0.2, 0) is 7.05 Å². The molecule has 0 aliphatic rings. The highest BCUT2D eigenvalue weighted by Gasteiger charge is 2.23. The average Bonchev–Trinajstić information content (AvgIpc) is 2.82. The third kappa shape index (κ3) is 3.42. The monoisotopic (exact) mass is 459 g/mol. The van der Waals surface area contributed by atoms with Gasteiger partial charge in [-0.05, 0) is 30.2 Å². The quantitative estimate of drug-likeness (QED) is 0.306. The fourth-order valence-corrected chi connectivity index (χ4v) is 4.86. The Hall–Kier alpha value is -3.50. The van der Waals surface area contributed by atoms with E-state index in [0.717, 1.165) is 49.9 Å². The molecule has 0 atom stereocenters. The maximum Gasteiger partial charge on any atom is 0.220 e. The van der Waals surface area contributed by atoms with E-state index >= 15 is 0 Å². The zero-order chi connectivity index (χ0) is 22.4. The molecule has 5 rings (SSSR count). The largest absolute Gasteiger partial charge is 1.00 e. The summed E-state index contributed by atoms with van der Waals surface area (Å²) in [6, 6.07) is 21.1. The molecule has 0 aliphatic carbocycles. The Kier molecular flexibility index (Phi) is 6.05. The maximum atomic E-state index is 5.84. The lowest BCUT2D eigenvalue weighted by Crippen LogP contribution is -3.00. The highest BCUT2D eigenvalue weighted by atomic mass is 35.5. The van der Waals surface area contributed by atoms with E-state index in [9.17, 15) is 0 Å². The van der Waals surface area contributed by atoms with Gasteiger partial charge >= 0.3 is 0 Å². The minimum Gasteiger partial charge on any atom is -1.00 e. The number of aromatic nitrogens is 1. The lowest BCUT2D eigenvalue weighted by Gasteiger charge is -2.17. The van der Waals surface area contributed by atoms with Gasteiger partial charge in [-0.1, -0.05) is 48.5 Å². The molecule has 0 fully saturated rings. The number of rotatable bonds is 4. The first-order chi connectivity index (χ1) is 15.6. The molecule has 33 heavy (non-hydrogen) atoms. The van der Waals surface area contributed by atoms with Gasteiger partial charge in [-0.15, -0.1) is 0 Å². The third-order valence-electron chi connectivity index (χ3n) is 6.26. The molecule has 0 radical (unpaired) electrons. The molecule has 0 N–H and O–H groups in total. The molecule has 0 amide bonds. The van der Waals surface area contributed by atoms with Crippen LogP contribution in [0.1, 0.15) is 5.56 Å². The van der Waals surface area contributed by atoms with Crippen LogP contribution in [0.25, 0.3) is 43.6 Å². The number of fused-ring (bicyclic) bond motifs is 5. The Morgan fingerprint density at radius 3 is 2.00 bits per heavy atom. The number of halogens is 1. The van der Waals surface area contributed by atoms with Crippen LogP contribution in [0.5, 0.6) is 17.2 Å². The molecule has 5 heteroatoms. The van der Waals surface area contributed by atoms with E-state index in [1.807, 2.05) is 18.2 Å². The van der Waals surface area contributed by atoms with Crippen molar-refractivity contribution in [3.8, 4) is 28.4 Å². The Morgan fingerprint density at radius 1 is 0.667 bits per heavy atom. The Bertz CT molecular complexity index is 1500. The summed E-state index contributed by atoms with van der Waals surface area (Å²) in [4.78, 5) is 0. The van der Waals surface area contributed by atoms with Gasteiger partial charge in [0.15, 0.2) is 17.7 Å². The fourth-order valence-electron chi connectivity index (χ4n) is 4.86. The number of aryl methyl sites for hydroxylation is 2. The molecule has 5 aromatic rings. The molecule has 0 aliphatic heterocycles. The molecule has 0 saturated carbocycles. The van der Waals surface area contributed by atoms with Crippen molar-refractivity contribution in [2.75, 3.05) is 21.3 Å². The van der Waals surface area contributed by atoms with Crippen molar-refractivity contribution in [1.29, 1.82) is 0 Å². The first kappa shape index (κ1) is 22.7. The molecular formula is C28H26ClNO3. The van der Waals surface area contributed by atoms with E-state index in [1.54, 1.807) is 21.3 Å². The van der Waals surface area contributed by atoms with Crippen LogP contribution in [0, 0.1) is 6.92 Å². The molecule has 1 aromatic heterocycles. The molecule has 0 saturated heterocycles. The summed E-state index contributed by atoms with van der Waals surface area (Å²) < 4.78 is 19.5. The molecular weight excluding hydrogens is 434 g/mol. The minimum atomic E-state index is 0. The van der Waals surface area contributed by atoms with Crippen LogP contribution < -0.4 is 31.2 Å². The lowest BCUT2D eigenvalue weighted by molar-refractivity contribution is -0.642. The van der Waals surface area contributed by atoms with Gasteiger partial charge in [0.25, 0.3) is 0 Å². The number of methoxy groups -OCH3 is 3. The molecule has 4 nitrogen and oxygen atoms in total. The van der Waals surface area contributed by atoms with E-state index in [-0.39, 0.29) is 12.4 Å². The summed E-state index contributed by atoms with van der Waals surface area (Å²) in [5.74, 6) is 2.37. The zero-order valence-electron chi connectivity index (χ0n) is 19.4. The summed E-state index contributed by atoms with van der Waals surface area (Å²) in [5, 5.41) is 5.67. The van der Waals surface area contributed by atoms with Crippen LogP contribution in [0.3, 0.4) is 0 Å². The summed E-state index contributed by atoms with van der Waals surface area (Å²) in [7, 11) is 7.20. The van der Waals surface area contributed by atoms with E-state index in [1.165, 1.54) is 10.8 Å². The van der Waals surface area contributed by atoms with E-state index in [4.69, 9.17) is 14.2 Å². The fraction of sp³-hybridized carbons (Fsp3) is 0.179. The van der Waals surface area contributed by atoms with Crippen molar-refractivity contribution in [3.63, 3.8) is 0 Å². The predicted octanol–water partition coefficient (Wildman–Crippen LogP) is 2.98. The second-order valence-electron chi connectivity index (χ2n) is 8.03. The van der Waals surface area contributed by atoms with Gasteiger partial charge in [0, 0.05) is 16.3 Å². The van der Waals surface area contributed by atoms with Crippen molar-refractivity contribution < 1.29 is 31.2 Å². The number of nitrogens with zero attached hydrogens (tertiary/aromatic N) is 1. The zero-order valence-corrected chi connectivity index (χ0v) is 20.2. The highest BCUT2D eigenvalue weighted by Crippen LogP contribution is 2.46. The van der Waals surface area contributed by atoms with Crippen molar-refractivity contribution in [3.05, 3.63) is 72.4 Å². The van der Waals surface area contributed by atoms with Gasteiger partial charge in [-0.2, -0.15) is 4.57 Å². The van der Waals surface area contributed by atoms with Gasteiger partial charge in [-0.25, -0.2) is 0 Å². The van der Waals surface area contributed by atoms with Crippen LogP contribution in [0.4, 0.5) is 0 Å². The number of ether oxygens (including phenoxy) is 3. The number of hydrogen-bond acceptors (Lipinski definition) is 3. The number of hydrogen-bond donors (Lipinski definition) is 0. The summed E-state index contributed by atoms with van der Waals surface area (Å²) >= 11 is 0. The topological polar surface area (TPSA) is 31.6 Å². The van der Waals surface area contributed by atoms with Crippen molar-refractivity contribution in [1.82, 2.24) is 0 Å². The summed E-state index contributed by atoms with van der Waals surface area (Å²) in [6.07, 6.45) is 2.15. The van der Waals surface area contributed by atoms with Gasteiger partial charge in [0.1, 0.15) is 12.8 Å². The molecule has 0 spiro atoms. The molecule has 0 unspecified atom stereocenters. The summed E-state index contributed by atoms with van der Waals surface area (Å²) in [6.45, 7) is 2.08. The second kappa shape index (κ2) is 8.80. The van der Waals surface area contributed by atoms with Crippen LogP contribution in [0.15, 0.2) is 66.9 Å². The smallest absolute Gasteiger partial charge is 0.220 e. The first-order valence-electron chi connectivity index (χ1n) is 10.6. The molecule has 168 valence electrons. The van der Waals surface area contributed by atoms with Crippen LogP contribution in [-0.4, -0.2) is 21.3 Å². The number of benzene rings is 4. The van der Waals surface area contributed by atoms with Crippen LogP contribution in [0.2, 0.25) is 0 Å².